The average molecular weight is 331 g/mol. The van der Waals surface area contributed by atoms with Crippen LogP contribution in [0.1, 0.15) is 53.6 Å². The molecule has 0 spiro atoms. The maximum atomic E-state index is 2.53. The van der Waals surface area contributed by atoms with E-state index >= 15 is 0 Å². The van der Waals surface area contributed by atoms with Gasteiger partial charge in [-0.3, -0.25) is 0 Å². The lowest BCUT2D eigenvalue weighted by Crippen LogP contribution is -2.45. The molecule has 2 aliphatic carbocycles. The highest BCUT2D eigenvalue weighted by molar-refractivity contribution is 6.83. The minimum Gasteiger partial charge on any atom is -0.0791 e. The Labute approximate surface area is 146 Å². The van der Waals surface area contributed by atoms with Crippen molar-refractivity contribution in [2.75, 3.05) is 0 Å². The van der Waals surface area contributed by atoms with Gasteiger partial charge in [-0.25, -0.2) is 0 Å². The lowest BCUT2D eigenvalue weighted by Gasteiger charge is -2.41. The van der Waals surface area contributed by atoms with Gasteiger partial charge in [0.15, 0.2) is 0 Å². The molecule has 2 aliphatic rings. The fraction of sp³-hybridized carbons (Fsp3) is 0.304. The summed E-state index contributed by atoms with van der Waals surface area (Å²) in [7, 11) is -1.58. The fourth-order valence-corrected chi connectivity index (χ4v) is 11.0. The molecule has 0 aliphatic heterocycles. The Balaban J connectivity index is 1.84. The Hall–Kier alpha value is -1.86. The van der Waals surface area contributed by atoms with Crippen LogP contribution in [-0.2, 0) is 0 Å². The highest BCUT2D eigenvalue weighted by atomic mass is 28.3. The van der Waals surface area contributed by atoms with Crippen molar-refractivity contribution in [2.24, 2.45) is 0 Å². The maximum Gasteiger partial charge on any atom is 0.0772 e. The molecule has 2 atom stereocenters. The number of hydrogen-bond acceptors (Lipinski definition) is 0. The van der Waals surface area contributed by atoms with Crippen LogP contribution in [0.5, 0.6) is 0 Å². The van der Waals surface area contributed by atoms with Gasteiger partial charge in [-0.15, -0.1) is 0 Å². The van der Waals surface area contributed by atoms with E-state index < -0.39 is 8.07 Å². The minimum atomic E-state index is -1.58. The van der Waals surface area contributed by atoms with Crippen LogP contribution < -0.4 is 0 Å². The van der Waals surface area contributed by atoms with Crippen molar-refractivity contribution < 1.29 is 0 Å². The second-order valence-electron chi connectivity index (χ2n) is 7.27. The number of allylic oxidation sites excluding steroid dienone is 2. The molecule has 2 aromatic rings. The Morgan fingerprint density at radius 1 is 0.750 bits per heavy atom. The van der Waals surface area contributed by atoms with Crippen molar-refractivity contribution in [3.63, 3.8) is 0 Å². The molecule has 0 fully saturated rings. The average Bonchev–Trinajstić information content (AvgIpc) is 3.25. The Morgan fingerprint density at radius 2 is 1.25 bits per heavy atom. The van der Waals surface area contributed by atoms with E-state index in [1.807, 2.05) is 0 Å². The lowest BCUT2D eigenvalue weighted by atomic mass is 10.1. The molecule has 4 rings (SSSR count). The molecule has 24 heavy (non-hydrogen) atoms. The van der Waals surface area contributed by atoms with Gasteiger partial charge in [0.2, 0.25) is 0 Å². The molecule has 2 aromatic carbocycles. The quantitative estimate of drug-likeness (QED) is 0.544. The van der Waals surface area contributed by atoms with Crippen molar-refractivity contribution in [3.05, 3.63) is 82.9 Å². The molecule has 0 amide bonds. The van der Waals surface area contributed by atoms with Crippen LogP contribution in [-0.4, -0.2) is 8.07 Å². The number of fused-ring (bicyclic) bond motifs is 2. The van der Waals surface area contributed by atoms with E-state index in [9.17, 15) is 0 Å². The molecule has 0 aromatic heterocycles. The third-order valence-corrected chi connectivity index (χ3v) is 12.4. The smallest absolute Gasteiger partial charge is 0.0772 e. The van der Waals surface area contributed by atoms with Gasteiger partial charge in [0.05, 0.1) is 8.07 Å². The van der Waals surface area contributed by atoms with Gasteiger partial charge in [-0.05, 0) is 33.3 Å². The third kappa shape index (κ3) is 2.26. The van der Waals surface area contributed by atoms with Gasteiger partial charge < -0.3 is 0 Å². The molecule has 0 bridgehead atoms. The summed E-state index contributed by atoms with van der Waals surface area (Å²) in [5, 5.41) is 0. The van der Waals surface area contributed by atoms with Gasteiger partial charge in [0.1, 0.15) is 0 Å². The second kappa shape index (κ2) is 6.21. The van der Waals surface area contributed by atoms with Crippen molar-refractivity contribution >= 4 is 20.2 Å². The highest BCUT2D eigenvalue weighted by Crippen LogP contribution is 2.50. The summed E-state index contributed by atoms with van der Waals surface area (Å²) in [5.74, 6) is 0. The summed E-state index contributed by atoms with van der Waals surface area (Å²) in [4.78, 5) is 0. The molecule has 0 nitrogen and oxygen atoms in total. The summed E-state index contributed by atoms with van der Waals surface area (Å²) in [6.45, 7) is 4.82. The highest BCUT2D eigenvalue weighted by Gasteiger charge is 2.47. The van der Waals surface area contributed by atoms with Crippen molar-refractivity contribution in [1.29, 1.82) is 0 Å². The van der Waals surface area contributed by atoms with Gasteiger partial charge in [-0.2, -0.15) is 0 Å². The van der Waals surface area contributed by atoms with Crippen LogP contribution in [0.2, 0.25) is 12.1 Å². The SMILES string of the molecule is CCC[Si](CC)(C1C=Cc2ccccc21)C1C=Cc2ccccc21. The predicted octanol–water partition coefficient (Wildman–Crippen LogP) is 6.56. The van der Waals surface area contributed by atoms with Crippen molar-refractivity contribution in [1.82, 2.24) is 0 Å². The third-order valence-electron chi connectivity index (χ3n) is 6.21. The Bertz CT molecular complexity index is 738. The van der Waals surface area contributed by atoms with E-state index in [1.165, 1.54) is 29.6 Å². The van der Waals surface area contributed by atoms with Crippen LogP contribution in [0.15, 0.2) is 60.7 Å². The summed E-state index contributed by atoms with van der Waals surface area (Å²) >= 11 is 0. The van der Waals surface area contributed by atoms with E-state index in [0.29, 0.717) is 11.1 Å². The van der Waals surface area contributed by atoms with Crippen LogP contribution >= 0.6 is 0 Å². The molecular formula is C23H26Si. The molecule has 1 heteroatoms. The topological polar surface area (TPSA) is 0 Å². The zero-order chi connectivity index (χ0) is 16.6. The minimum absolute atomic E-state index is 0.652. The molecule has 0 saturated heterocycles. The Kier molecular flexibility index (Phi) is 4.05. The molecule has 0 radical (unpaired) electrons. The monoisotopic (exact) mass is 330 g/mol. The number of hydrogen-bond donors (Lipinski definition) is 0. The van der Waals surface area contributed by atoms with E-state index in [0.717, 1.165) is 0 Å². The first kappa shape index (κ1) is 15.7. The second-order valence-corrected chi connectivity index (χ2v) is 12.2. The van der Waals surface area contributed by atoms with Crippen molar-refractivity contribution in [3.8, 4) is 0 Å². The summed E-state index contributed by atoms with van der Waals surface area (Å²) < 4.78 is 0. The lowest BCUT2D eigenvalue weighted by molar-refractivity contribution is 0.918. The number of rotatable bonds is 5. The molecule has 0 saturated carbocycles. The van der Waals surface area contributed by atoms with Crippen LogP contribution in [0.4, 0.5) is 0 Å². The van der Waals surface area contributed by atoms with E-state index in [-0.39, 0.29) is 0 Å². The number of benzene rings is 2. The predicted molar refractivity (Wildman–Crippen MR) is 108 cm³/mol. The molecule has 2 unspecified atom stereocenters. The van der Waals surface area contributed by atoms with Gasteiger partial charge in [-0.1, -0.05) is 105 Å². The van der Waals surface area contributed by atoms with Gasteiger partial charge >= 0.3 is 0 Å². The first-order chi connectivity index (χ1) is 11.8. The van der Waals surface area contributed by atoms with Crippen LogP contribution in [0.3, 0.4) is 0 Å². The first-order valence-electron chi connectivity index (χ1n) is 9.34. The molecule has 0 N–H and O–H groups in total. The maximum absolute atomic E-state index is 2.53. The standard InChI is InChI=1S/C23H26Si/c1-3-17-24(4-2,22-15-13-18-9-5-7-11-20(18)22)23-16-14-19-10-6-8-12-21(19)23/h5-16,22-23H,3-4,17H2,1-2H3. The zero-order valence-electron chi connectivity index (χ0n) is 14.7. The van der Waals surface area contributed by atoms with E-state index in [4.69, 9.17) is 0 Å². The summed E-state index contributed by atoms with van der Waals surface area (Å²) in [5.41, 5.74) is 7.35. The molecular weight excluding hydrogens is 304 g/mol. The van der Waals surface area contributed by atoms with E-state index in [2.05, 4.69) is 86.7 Å². The van der Waals surface area contributed by atoms with Gasteiger partial charge in [0.25, 0.3) is 0 Å². The molecule has 0 heterocycles. The Morgan fingerprint density at radius 3 is 1.71 bits per heavy atom. The summed E-state index contributed by atoms with van der Waals surface area (Å²) in [6.07, 6.45) is 11.1. The molecule has 122 valence electrons. The van der Waals surface area contributed by atoms with Crippen molar-refractivity contribution in [2.45, 2.75) is 43.4 Å². The first-order valence-corrected chi connectivity index (χ1v) is 11.9. The fourth-order valence-electron chi connectivity index (χ4n) is 5.09. The van der Waals surface area contributed by atoms with Crippen LogP contribution in [0.25, 0.3) is 12.2 Å². The van der Waals surface area contributed by atoms with Crippen LogP contribution in [0, 0.1) is 0 Å². The largest absolute Gasteiger partial charge is 0.0791 e. The van der Waals surface area contributed by atoms with Gasteiger partial charge in [0, 0.05) is 0 Å². The van der Waals surface area contributed by atoms with E-state index in [1.54, 1.807) is 11.1 Å². The zero-order valence-corrected chi connectivity index (χ0v) is 15.7. The summed E-state index contributed by atoms with van der Waals surface area (Å²) in [6, 6.07) is 20.8. The normalized spacial score (nSPS) is 23.1.